The van der Waals surface area contributed by atoms with Crippen molar-refractivity contribution in [3.05, 3.63) is 11.1 Å². The summed E-state index contributed by atoms with van der Waals surface area (Å²) in [6.07, 6.45) is 3.27. The van der Waals surface area contributed by atoms with Crippen LogP contribution in [0.3, 0.4) is 0 Å². The quantitative estimate of drug-likeness (QED) is 0.737. The minimum Gasteiger partial charge on any atom is -0.355 e. The second kappa shape index (κ2) is 5.68. The van der Waals surface area contributed by atoms with E-state index in [1.165, 1.54) is 17.6 Å². The molecular formula is C17H31NO. The first-order chi connectivity index (χ1) is 8.56. The van der Waals surface area contributed by atoms with Crippen LogP contribution in [-0.2, 0) is 4.79 Å². The molecule has 0 saturated carbocycles. The summed E-state index contributed by atoms with van der Waals surface area (Å²) in [6.45, 7) is 16.0. The van der Waals surface area contributed by atoms with Gasteiger partial charge in [-0.2, -0.15) is 0 Å². The maximum absolute atomic E-state index is 12.3. The van der Waals surface area contributed by atoms with Gasteiger partial charge in [0.25, 0.3) is 0 Å². The van der Waals surface area contributed by atoms with E-state index in [0.29, 0.717) is 11.3 Å². The van der Waals surface area contributed by atoms with Crippen molar-refractivity contribution in [2.24, 2.45) is 16.7 Å². The van der Waals surface area contributed by atoms with E-state index in [1.54, 1.807) is 0 Å². The zero-order valence-corrected chi connectivity index (χ0v) is 13.8. The van der Waals surface area contributed by atoms with Gasteiger partial charge in [-0.15, -0.1) is 0 Å². The summed E-state index contributed by atoms with van der Waals surface area (Å²) in [5.41, 5.74) is 3.01. The standard InChI is InChI=1S/C17H31NO/c1-12(2)11-18-15(19)17(6,7)10-14-8-9-16(4,5)13(14)3/h12H,8-11H2,1-7H3,(H,18,19). The first kappa shape index (κ1) is 16.3. The highest BCUT2D eigenvalue weighted by Crippen LogP contribution is 2.45. The molecule has 0 bridgehead atoms. The van der Waals surface area contributed by atoms with Crippen molar-refractivity contribution in [2.45, 2.75) is 67.7 Å². The fourth-order valence-corrected chi connectivity index (χ4v) is 2.69. The Morgan fingerprint density at radius 1 is 1.37 bits per heavy atom. The van der Waals surface area contributed by atoms with Gasteiger partial charge in [-0.3, -0.25) is 4.79 Å². The Hall–Kier alpha value is -0.790. The largest absolute Gasteiger partial charge is 0.355 e. The van der Waals surface area contributed by atoms with E-state index in [4.69, 9.17) is 0 Å². The first-order valence-corrected chi connectivity index (χ1v) is 7.53. The molecule has 0 aliphatic heterocycles. The van der Waals surface area contributed by atoms with Crippen LogP contribution in [0.5, 0.6) is 0 Å². The lowest BCUT2D eigenvalue weighted by molar-refractivity contribution is -0.129. The van der Waals surface area contributed by atoms with Crippen molar-refractivity contribution in [3.8, 4) is 0 Å². The van der Waals surface area contributed by atoms with Gasteiger partial charge in [-0.25, -0.2) is 0 Å². The number of carbonyl (C=O) groups excluding carboxylic acids is 1. The number of carbonyl (C=O) groups is 1. The Labute approximate surface area is 119 Å². The van der Waals surface area contributed by atoms with Crippen LogP contribution in [0.2, 0.25) is 0 Å². The molecule has 1 amide bonds. The summed E-state index contributed by atoms with van der Waals surface area (Å²) >= 11 is 0. The third-order valence-corrected chi connectivity index (χ3v) is 4.54. The molecule has 2 nitrogen and oxygen atoms in total. The van der Waals surface area contributed by atoms with Crippen molar-refractivity contribution in [1.82, 2.24) is 5.32 Å². The fourth-order valence-electron chi connectivity index (χ4n) is 2.69. The predicted octanol–water partition coefficient (Wildman–Crippen LogP) is 4.31. The number of hydrogen-bond acceptors (Lipinski definition) is 1. The molecule has 2 heteroatoms. The number of allylic oxidation sites excluding steroid dienone is 2. The highest BCUT2D eigenvalue weighted by Gasteiger charge is 2.35. The molecule has 0 atom stereocenters. The molecule has 1 N–H and O–H groups in total. The van der Waals surface area contributed by atoms with E-state index in [-0.39, 0.29) is 11.3 Å². The monoisotopic (exact) mass is 265 g/mol. The summed E-state index contributed by atoms with van der Waals surface area (Å²) < 4.78 is 0. The maximum Gasteiger partial charge on any atom is 0.225 e. The molecule has 19 heavy (non-hydrogen) atoms. The van der Waals surface area contributed by atoms with Crippen molar-refractivity contribution in [1.29, 1.82) is 0 Å². The molecule has 0 aromatic carbocycles. The molecule has 1 aliphatic rings. The minimum absolute atomic E-state index is 0.186. The van der Waals surface area contributed by atoms with Gasteiger partial charge in [-0.05, 0) is 37.5 Å². The summed E-state index contributed by atoms with van der Waals surface area (Å²) in [7, 11) is 0. The zero-order chi connectivity index (χ0) is 14.8. The molecular weight excluding hydrogens is 234 g/mol. The Balaban J connectivity index is 2.70. The smallest absolute Gasteiger partial charge is 0.225 e. The molecule has 0 aromatic rings. The van der Waals surface area contributed by atoms with Crippen LogP contribution in [0.1, 0.15) is 67.7 Å². The SMILES string of the molecule is CC1=C(CC(C)(C)C(=O)NCC(C)C)CCC1(C)C. The number of hydrogen-bond donors (Lipinski definition) is 1. The van der Waals surface area contributed by atoms with Gasteiger partial charge in [0.1, 0.15) is 0 Å². The topological polar surface area (TPSA) is 29.1 Å². The summed E-state index contributed by atoms with van der Waals surface area (Å²) in [4.78, 5) is 12.3. The molecule has 0 radical (unpaired) electrons. The Morgan fingerprint density at radius 3 is 2.37 bits per heavy atom. The van der Waals surface area contributed by atoms with Gasteiger partial charge in [0.2, 0.25) is 5.91 Å². The third-order valence-electron chi connectivity index (χ3n) is 4.54. The van der Waals surface area contributed by atoms with Crippen molar-refractivity contribution >= 4 is 5.91 Å². The Bertz CT molecular complexity index is 375. The lowest BCUT2D eigenvalue weighted by atomic mass is 9.82. The van der Waals surface area contributed by atoms with E-state index in [2.05, 4.69) is 53.8 Å². The van der Waals surface area contributed by atoms with Crippen molar-refractivity contribution < 1.29 is 4.79 Å². The highest BCUT2D eigenvalue weighted by atomic mass is 16.2. The second-order valence-corrected chi connectivity index (χ2v) is 7.78. The van der Waals surface area contributed by atoms with Crippen LogP contribution in [0.4, 0.5) is 0 Å². The van der Waals surface area contributed by atoms with Gasteiger partial charge in [0.05, 0.1) is 0 Å². The average molecular weight is 265 g/mol. The predicted molar refractivity (Wildman–Crippen MR) is 82.0 cm³/mol. The zero-order valence-electron chi connectivity index (χ0n) is 13.8. The minimum atomic E-state index is -0.300. The Kier molecular flexibility index (Phi) is 4.86. The molecule has 1 rings (SSSR count). The fraction of sp³-hybridized carbons (Fsp3) is 0.824. The first-order valence-electron chi connectivity index (χ1n) is 7.53. The van der Waals surface area contributed by atoms with Crippen LogP contribution in [0.15, 0.2) is 11.1 Å². The van der Waals surface area contributed by atoms with Gasteiger partial charge in [0, 0.05) is 12.0 Å². The third kappa shape index (κ3) is 4.09. The van der Waals surface area contributed by atoms with Crippen LogP contribution < -0.4 is 5.32 Å². The van der Waals surface area contributed by atoms with Gasteiger partial charge in [-0.1, -0.05) is 52.7 Å². The second-order valence-electron chi connectivity index (χ2n) is 7.78. The molecule has 0 saturated heterocycles. The molecule has 1 aliphatic carbocycles. The van der Waals surface area contributed by atoms with Crippen LogP contribution in [-0.4, -0.2) is 12.5 Å². The normalized spacial score (nSPS) is 19.2. The van der Waals surface area contributed by atoms with Crippen LogP contribution >= 0.6 is 0 Å². The van der Waals surface area contributed by atoms with Crippen molar-refractivity contribution in [3.63, 3.8) is 0 Å². The highest BCUT2D eigenvalue weighted by molar-refractivity contribution is 5.82. The summed E-state index contributed by atoms with van der Waals surface area (Å²) in [5.74, 6) is 0.692. The maximum atomic E-state index is 12.3. The average Bonchev–Trinajstić information content (AvgIpc) is 2.52. The molecule has 0 spiro atoms. The number of amides is 1. The molecule has 0 unspecified atom stereocenters. The van der Waals surface area contributed by atoms with Gasteiger partial charge < -0.3 is 5.32 Å². The molecule has 0 aromatic heterocycles. The van der Waals surface area contributed by atoms with Crippen LogP contribution in [0.25, 0.3) is 0 Å². The lowest BCUT2D eigenvalue weighted by Gasteiger charge is -2.26. The molecule has 0 fully saturated rings. The molecule has 0 heterocycles. The lowest BCUT2D eigenvalue weighted by Crippen LogP contribution is -2.39. The summed E-state index contributed by atoms with van der Waals surface area (Å²) in [5, 5.41) is 3.07. The van der Waals surface area contributed by atoms with E-state index in [1.807, 2.05) is 0 Å². The number of rotatable bonds is 5. The van der Waals surface area contributed by atoms with Gasteiger partial charge in [0.15, 0.2) is 0 Å². The molecule has 110 valence electrons. The Morgan fingerprint density at radius 2 is 1.95 bits per heavy atom. The van der Waals surface area contributed by atoms with E-state index < -0.39 is 0 Å². The summed E-state index contributed by atoms with van der Waals surface area (Å²) in [6, 6.07) is 0. The number of nitrogens with one attached hydrogen (secondary N) is 1. The van der Waals surface area contributed by atoms with E-state index in [9.17, 15) is 4.79 Å². The van der Waals surface area contributed by atoms with Gasteiger partial charge >= 0.3 is 0 Å². The van der Waals surface area contributed by atoms with Crippen molar-refractivity contribution in [2.75, 3.05) is 6.54 Å². The van der Waals surface area contributed by atoms with Crippen LogP contribution in [0, 0.1) is 16.7 Å². The van der Waals surface area contributed by atoms with E-state index in [0.717, 1.165) is 19.4 Å². The van der Waals surface area contributed by atoms with E-state index >= 15 is 0 Å².